The molecule has 2 rings (SSSR count). The van der Waals surface area contributed by atoms with Gasteiger partial charge < -0.3 is 0 Å². The molecule has 1 aliphatic carbocycles. The Labute approximate surface area is 131 Å². The van der Waals surface area contributed by atoms with Crippen LogP contribution in [0, 0.1) is 24.7 Å². The second kappa shape index (κ2) is 7.16. The van der Waals surface area contributed by atoms with E-state index in [2.05, 4.69) is 36.3 Å². The molecule has 0 saturated heterocycles. The van der Waals surface area contributed by atoms with E-state index in [1.807, 2.05) is 12.3 Å². The van der Waals surface area contributed by atoms with Gasteiger partial charge in [0, 0.05) is 22.7 Å². The van der Waals surface area contributed by atoms with Crippen molar-refractivity contribution >= 4 is 23.0 Å². The highest BCUT2D eigenvalue weighted by Crippen LogP contribution is 2.31. The Morgan fingerprint density at radius 2 is 2.29 bits per heavy atom. The fourth-order valence-corrected chi connectivity index (χ4v) is 3.65. The Balaban J connectivity index is 1.95. The number of nitrogens with zero attached hydrogens (tertiary/aromatic N) is 2. The molecule has 1 saturated carbocycles. The molecule has 0 aromatic carbocycles. The average molecular weight is 307 g/mol. The van der Waals surface area contributed by atoms with Crippen molar-refractivity contribution in [1.82, 2.24) is 10.4 Å². The highest BCUT2D eigenvalue weighted by Gasteiger charge is 2.27. The Morgan fingerprint density at radius 3 is 2.90 bits per heavy atom. The minimum atomic E-state index is -0.0717. The first kappa shape index (κ1) is 16.1. The van der Waals surface area contributed by atoms with Gasteiger partial charge in [-0.3, -0.25) is 4.79 Å². The summed E-state index contributed by atoms with van der Waals surface area (Å²) in [5.74, 6) is 1.67. The Hall–Kier alpha value is -1.23. The summed E-state index contributed by atoms with van der Waals surface area (Å²) in [5, 5.41) is 7.25. The van der Waals surface area contributed by atoms with Crippen LogP contribution in [0.2, 0.25) is 0 Å². The summed E-state index contributed by atoms with van der Waals surface area (Å²) in [6.07, 6.45) is 3.75. The van der Waals surface area contributed by atoms with Gasteiger partial charge in [0.1, 0.15) is 5.01 Å². The van der Waals surface area contributed by atoms with Crippen LogP contribution < -0.4 is 5.43 Å². The van der Waals surface area contributed by atoms with Gasteiger partial charge in [0.05, 0.1) is 6.42 Å². The summed E-state index contributed by atoms with van der Waals surface area (Å²) < 4.78 is 0. The minimum Gasteiger partial charge on any atom is -0.273 e. The van der Waals surface area contributed by atoms with E-state index in [1.165, 1.54) is 24.2 Å². The number of carbonyl (C=O) groups excluding carboxylic acids is 1. The molecule has 1 fully saturated rings. The number of carbonyl (C=O) groups is 1. The lowest BCUT2D eigenvalue weighted by Crippen LogP contribution is -2.31. The molecule has 2 atom stereocenters. The van der Waals surface area contributed by atoms with Crippen LogP contribution >= 0.6 is 11.3 Å². The van der Waals surface area contributed by atoms with E-state index >= 15 is 0 Å². The largest absolute Gasteiger partial charge is 0.273 e. The molecule has 1 amide bonds. The highest BCUT2D eigenvalue weighted by atomic mass is 32.1. The van der Waals surface area contributed by atoms with E-state index in [9.17, 15) is 4.79 Å². The molecule has 0 unspecified atom stereocenters. The minimum absolute atomic E-state index is 0.0717. The molecule has 21 heavy (non-hydrogen) atoms. The van der Waals surface area contributed by atoms with Crippen molar-refractivity contribution in [3.63, 3.8) is 0 Å². The van der Waals surface area contributed by atoms with Gasteiger partial charge in [-0.1, -0.05) is 20.8 Å². The van der Waals surface area contributed by atoms with E-state index in [1.54, 1.807) is 0 Å². The molecular formula is C16H25N3OS. The standard InChI is InChI=1S/C16H25N3OS/c1-10(2)13-6-5-11(3)7-14(13)18-19-15(20)8-16-17-12(4)9-21-16/h9-11,13H,5-8H2,1-4H3,(H,19,20)/t11-,13-/m0/s1. The van der Waals surface area contributed by atoms with Crippen LogP contribution in [-0.2, 0) is 11.2 Å². The van der Waals surface area contributed by atoms with Crippen LogP contribution in [0.25, 0.3) is 0 Å². The molecular weight excluding hydrogens is 282 g/mol. The Bertz CT molecular complexity index is 521. The molecule has 5 heteroatoms. The lowest BCUT2D eigenvalue weighted by molar-refractivity contribution is -0.120. The summed E-state index contributed by atoms with van der Waals surface area (Å²) in [7, 11) is 0. The smallest absolute Gasteiger partial charge is 0.246 e. The lowest BCUT2D eigenvalue weighted by atomic mass is 9.76. The maximum Gasteiger partial charge on any atom is 0.246 e. The predicted octanol–water partition coefficient (Wildman–Crippen LogP) is 3.56. The molecule has 1 aromatic heterocycles. The molecule has 116 valence electrons. The Morgan fingerprint density at radius 1 is 1.52 bits per heavy atom. The van der Waals surface area contributed by atoms with Gasteiger partial charge in [-0.05, 0) is 38.0 Å². The summed E-state index contributed by atoms with van der Waals surface area (Å²) in [6, 6.07) is 0. The molecule has 0 aliphatic heterocycles. The van der Waals surface area contributed by atoms with Crippen molar-refractivity contribution in [3.05, 3.63) is 16.1 Å². The van der Waals surface area contributed by atoms with Gasteiger partial charge in [0.2, 0.25) is 5.91 Å². The van der Waals surface area contributed by atoms with E-state index in [0.29, 0.717) is 24.2 Å². The van der Waals surface area contributed by atoms with Crippen LogP contribution in [-0.4, -0.2) is 16.6 Å². The average Bonchev–Trinajstić information content (AvgIpc) is 2.81. The number of nitrogens with one attached hydrogen (secondary N) is 1. The van der Waals surface area contributed by atoms with Crippen molar-refractivity contribution in [3.8, 4) is 0 Å². The predicted molar refractivity (Wildman–Crippen MR) is 87.5 cm³/mol. The van der Waals surface area contributed by atoms with Gasteiger partial charge in [-0.2, -0.15) is 5.10 Å². The number of rotatable bonds is 4. The van der Waals surface area contributed by atoms with Crippen LogP contribution in [0.15, 0.2) is 10.5 Å². The number of hydrogen-bond acceptors (Lipinski definition) is 4. The van der Waals surface area contributed by atoms with Crippen molar-refractivity contribution in [2.24, 2.45) is 22.9 Å². The Kier molecular flexibility index (Phi) is 5.51. The second-order valence-corrected chi connectivity index (χ2v) is 7.38. The number of hydrazone groups is 1. The second-order valence-electron chi connectivity index (χ2n) is 6.43. The van der Waals surface area contributed by atoms with E-state index in [-0.39, 0.29) is 5.91 Å². The van der Waals surface area contributed by atoms with Gasteiger partial charge >= 0.3 is 0 Å². The third-order valence-electron chi connectivity index (χ3n) is 4.06. The SMILES string of the molecule is Cc1csc(CC(=O)NN=C2C[C@@H](C)CC[C@H]2C(C)C)n1. The molecule has 0 bridgehead atoms. The maximum atomic E-state index is 12.0. The van der Waals surface area contributed by atoms with Crippen LogP contribution in [0.4, 0.5) is 0 Å². The molecule has 0 spiro atoms. The topological polar surface area (TPSA) is 54.4 Å². The van der Waals surface area contributed by atoms with Gasteiger partial charge in [-0.15, -0.1) is 11.3 Å². The lowest BCUT2D eigenvalue weighted by Gasteiger charge is -2.30. The third kappa shape index (κ3) is 4.63. The normalized spacial score (nSPS) is 24.5. The summed E-state index contributed by atoms with van der Waals surface area (Å²) in [5.41, 5.74) is 4.86. The van der Waals surface area contributed by atoms with Crippen LogP contribution in [0.5, 0.6) is 0 Å². The van der Waals surface area contributed by atoms with Crippen LogP contribution in [0.3, 0.4) is 0 Å². The quantitative estimate of drug-likeness (QED) is 0.865. The van der Waals surface area contributed by atoms with Gasteiger partial charge in [0.15, 0.2) is 0 Å². The molecule has 4 nitrogen and oxygen atoms in total. The number of aryl methyl sites for hydroxylation is 1. The number of aromatic nitrogens is 1. The van der Waals surface area contributed by atoms with E-state index in [4.69, 9.17) is 0 Å². The zero-order valence-electron chi connectivity index (χ0n) is 13.3. The fraction of sp³-hybridized carbons (Fsp3) is 0.688. The number of hydrogen-bond donors (Lipinski definition) is 1. The molecule has 1 aliphatic rings. The highest BCUT2D eigenvalue weighted by molar-refractivity contribution is 7.09. The first-order valence-electron chi connectivity index (χ1n) is 7.72. The van der Waals surface area contributed by atoms with Crippen molar-refractivity contribution in [2.75, 3.05) is 0 Å². The zero-order chi connectivity index (χ0) is 15.4. The summed E-state index contributed by atoms with van der Waals surface area (Å²) in [4.78, 5) is 16.3. The monoisotopic (exact) mass is 307 g/mol. The first-order chi connectivity index (χ1) is 9.95. The third-order valence-corrected chi connectivity index (χ3v) is 5.03. The summed E-state index contributed by atoms with van der Waals surface area (Å²) >= 11 is 1.52. The maximum absolute atomic E-state index is 12.0. The first-order valence-corrected chi connectivity index (χ1v) is 8.60. The number of thiazole rings is 1. The van der Waals surface area contributed by atoms with E-state index < -0.39 is 0 Å². The van der Waals surface area contributed by atoms with Crippen LogP contribution in [0.1, 0.15) is 50.7 Å². The van der Waals surface area contributed by atoms with Crippen molar-refractivity contribution in [1.29, 1.82) is 0 Å². The number of amides is 1. The van der Waals surface area contributed by atoms with Gasteiger partial charge in [0.25, 0.3) is 0 Å². The van der Waals surface area contributed by atoms with Crippen molar-refractivity contribution in [2.45, 2.75) is 53.4 Å². The van der Waals surface area contributed by atoms with E-state index in [0.717, 1.165) is 22.8 Å². The molecule has 1 heterocycles. The zero-order valence-corrected chi connectivity index (χ0v) is 14.2. The summed E-state index contributed by atoms with van der Waals surface area (Å²) in [6.45, 7) is 8.66. The fourth-order valence-electron chi connectivity index (χ4n) is 2.88. The molecule has 1 aromatic rings. The van der Waals surface area contributed by atoms with Crippen molar-refractivity contribution < 1.29 is 4.79 Å². The van der Waals surface area contributed by atoms with Gasteiger partial charge in [-0.25, -0.2) is 10.4 Å². The molecule has 0 radical (unpaired) electrons. The molecule has 1 N–H and O–H groups in total.